The Hall–Kier alpha value is -17.7. The average molecular weight is 1930 g/mol. The SMILES string of the molecule is CN(C)c1ccc2c(Oc3ccc(NC(=O)Nc4ccc(F)cc4)cc3)ncnc2c1.CN(C)c1ccc2c(Oc3ccc4c(ccn4C(=O)NCc4ccc(C(F)(F)F)nc4)c3)ncnc2c1.COc1ccc(CNC(=O)Nc2ccc(Oc3ncnc4cc(N(C)C)ccc34)cc2)cn1.C[C@@H]1CN(c2ccc3c(Oc4ccc(NC(=O)NCc5ccc(C(F)(F)F)nc5)cc4)ncnc3c2)C[C@H](C)N1C. The van der Waals surface area contributed by atoms with Gasteiger partial charge in [-0.05, 0) is 244 Å². The maximum absolute atomic E-state index is 13.0. The maximum Gasteiger partial charge on any atom is 0.433 e. The number of hydrogen-bond acceptors (Lipinski definition) is 25. The van der Waals surface area contributed by atoms with Crippen molar-refractivity contribution in [2.75, 3.05) is 110 Å². The van der Waals surface area contributed by atoms with Gasteiger partial charge in [0, 0.05) is 169 Å². The zero-order valence-electron chi connectivity index (χ0n) is 78.2. The quantitative estimate of drug-likeness (QED) is 0.0292. The van der Waals surface area contributed by atoms with Gasteiger partial charge < -0.3 is 80.5 Å². The fourth-order valence-electron chi connectivity index (χ4n) is 14.5. The van der Waals surface area contributed by atoms with Crippen molar-refractivity contribution < 1.29 is 73.6 Å². The van der Waals surface area contributed by atoms with E-state index in [9.17, 15) is 49.9 Å². The molecule has 7 N–H and O–H groups in total. The third-order valence-electron chi connectivity index (χ3n) is 22.4. The molecule has 1 aliphatic rings. The summed E-state index contributed by atoms with van der Waals surface area (Å²) in [4.78, 5) is 105. The lowest BCUT2D eigenvalue weighted by Crippen LogP contribution is -2.55. The molecule has 1 saturated heterocycles. The summed E-state index contributed by atoms with van der Waals surface area (Å²) in [6.45, 7) is 6.73. The van der Waals surface area contributed by atoms with Gasteiger partial charge in [-0.3, -0.25) is 19.4 Å². The second kappa shape index (κ2) is 44.6. The third-order valence-corrected chi connectivity index (χ3v) is 22.4. The van der Waals surface area contributed by atoms with Gasteiger partial charge in [0.25, 0.3) is 0 Å². The molecular formula is C102H95F7N24O9. The Balaban J connectivity index is 0.000000144. The summed E-state index contributed by atoms with van der Waals surface area (Å²) in [5.74, 6) is 4.15. The lowest BCUT2D eigenvalue weighted by atomic mass is 10.1. The Labute approximate surface area is 809 Å². The van der Waals surface area contributed by atoms with E-state index in [0.29, 0.717) is 110 Å². The van der Waals surface area contributed by atoms with Crippen molar-refractivity contribution in [2.24, 2.45) is 0 Å². The summed E-state index contributed by atoms with van der Waals surface area (Å²) < 4.78 is 119. The molecule has 18 rings (SSSR count). The van der Waals surface area contributed by atoms with Crippen molar-refractivity contribution in [3.63, 3.8) is 0 Å². The van der Waals surface area contributed by atoms with Crippen molar-refractivity contribution >= 4 is 124 Å². The predicted octanol–water partition coefficient (Wildman–Crippen LogP) is 20.8. The van der Waals surface area contributed by atoms with Crippen LogP contribution in [0.4, 0.5) is 95.4 Å². The highest BCUT2D eigenvalue weighted by Crippen LogP contribution is 2.38. The molecule has 0 radical (unpaired) electrons. The number of halogens is 7. The number of ether oxygens (including phenoxy) is 5. The number of carbonyl (C=O) groups is 4. The van der Waals surface area contributed by atoms with Crippen LogP contribution in [0.1, 0.15) is 41.9 Å². The van der Waals surface area contributed by atoms with Crippen LogP contribution >= 0.6 is 0 Å². The van der Waals surface area contributed by atoms with E-state index < -0.39 is 41.8 Å². The second-order valence-electron chi connectivity index (χ2n) is 33.0. The summed E-state index contributed by atoms with van der Waals surface area (Å²) in [5, 5.41) is 22.8. The van der Waals surface area contributed by atoms with Crippen LogP contribution in [0.3, 0.4) is 0 Å². The average Bonchev–Trinajstić information content (AvgIpc) is 1.53. The van der Waals surface area contributed by atoms with Crippen molar-refractivity contribution in [2.45, 2.75) is 57.9 Å². The molecule has 0 aliphatic carbocycles. The maximum atomic E-state index is 13.0. The molecular weight excluding hydrogens is 1840 g/mol. The summed E-state index contributed by atoms with van der Waals surface area (Å²) in [6.07, 6.45) is 2.30. The van der Waals surface area contributed by atoms with Crippen LogP contribution in [-0.2, 0) is 32.0 Å². The zero-order chi connectivity index (χ0) is 100. The predicted molar refractivity (Wildman–Crippen MR) is 529 cm³/mol. The molecule has 0 unspecified atom stereocenters. The molecule has 2 atom stereocenters. The molecule has 1 aliphatic heterocycles. The molecule has 9 aromatic carbocycles. The smallest absolute Gasteiger partial charge is 0.433 e. The number of nitrogens with one attached hydrogen (secondary N) is 7. The van der Waals surface area contributed by atoms with Gasteiger partial charge in [-0.15, -0.1) is 0 Å². The van der Waals surface area contributed by atoms with Gasteiger partial charge in [0.05, 0.1) is 56.2 Å². The van der Waals surface area contributed by atoms with Gasteiger partial charge in [-0.1, -0.05) is 18.2 Å². The number of benzene rings is 9. The van der Waals surface area contributed by atoms with Crippen molar-refractivity contribution in [1.29, 1.82) is 0 Å². The first-order valence-electron chi connectivity index (χ1n) is 44.1. The molecule has 33 nitrogen and oxygen atoms in total. The van der Waals surface area contributed by atoms with Gasteiger partial charge in [-0.2, -0.15) is 26.3 Å². The largest absolute Gasteiger partial charge is 0.481 e. The van der Waals surface area contributed by atoms with Crippen LogP contribution < -0.4 is 80.5 Å². The van der Waals surface area contributed by atoms with E-state index in [4.69, 9.17) is 23.7 Å². The summed E-state index contributed by atoms with van der Waals surface area (Å²) in [5.41, 5.74) is 9.95. The number of urea groups is 3. The standard InChI is InChI=1S/C29H30F3N7O2.C26H21F3N6O2.C24H24N6O3.C23H20FN5O2/c1-18-15-39(16-19(2)38(18)3)22-7-10-24-25(12-22)35-17-36-27(24)41-23-8-5-21(6-9-23)37-28(40)34-14-20-4-11-26(33-13-20)29(30,31)32;1-34(2)18-4-6-20-21(12-18)32-15-33-24(20)37-19-5-7-22-17(11-19)9-10-35(22)25(36)31-14-16-3-8-23(30-13-16)26(27,28)29;1-30(2)18-7-10-20-21(12-18)27-15-28-23(20)33-19-8-5-17(6-9-19)29-24(31)26-14-16-4-11-22(32-3)25-13-16;1-29(2)18-9-12-20-21(13-18)25-14-26-22(20)31-19-10-7-17(8-11-19)28-23(30)27-16-5-3-15(24)4-6-16/h4-13,17-19H,14-16H2,1-3H3,(H2,34,37,40);3-13,15H,14H2,1-2H3,(H,31,36);4-13,15H,14H2,1-3H3,(H2,26,29,31);3-14H,1-2H3,(H2,27,28,30)/t18-,19+;;;. The Kier molecular flexibility index (Phi) is 31.0. The number of carbonyl (C=O) groups excluding carboxylic acids is 4. The van der Waals surface area contributed by atoms with E-state index in [1.54, 1.807) is 123 Å². The van der Waals surface area contributed by atoms with Crippen LogP contribution in [-0.4, -0.2) is 170 Å². The highest BCUT2D eigenvalue weighted by molar-refractivity contribution is 6.00. The van der Waals surface area contributed by atoms with Crippen molar-refractivity contribution in [3.05, 3.63) is 315 Å². The number of likely N-dealkylation sites (N-methyl/N-ethyl adjacent to an activating group) is 1. The molecule has 726 valence electrons. The second-order valence-corrected chi connectivity index (χ2v) is 33.0. The van der Waals surface area contributed by atoms with Gasteiger partial charge in [-0.25, -0.2) is 68.4 Å². The molecule has 0 saturated carbocycles. The summed E-state index contributed by atoms with van der Waals surface area (Å²) in [7, 11) is 15.5. The normalized spacial score (nSPS) is 12.9. The fraction of sp³-hybridized carbons (Fsp3) is 0.186. The van der Waals surface area contributed by atoms with E-state index in [0.717, 1.165) is 115 Å². The van der Waals surface area contributed by atoms with Gasteiger partial charge in [0.15, 0.2) is 0 Å². The van der Waals surface area contributed by atoms with Gasteiger partial charge >= 0.3 is 36.5 Å². The Morgan fingerprint density at radius 3 is 1.12 bits per heavy atom. The van der Waals surface area contributed by atoms with Gasteiger partial charge in [0.1, 0.15) is 65.5 Å². The number of hydrogen-bond donors (Lipinski definition) is 7. The summed E-state index contributed by atoms with van der Waals surface area (Å²) >= 11 is 0. The van der Waals surface area contributed by atoms with Crippen LogP contribution in [0.25, 0.3) is 54.5 Å². The minimum atomic E-state index is -4.51. The van der Waals surface area contributed by atoms with Crippen LogP contribution in [0.2, 0.25) is 0 Å². The molecule has 7 amide bonds. The number of methoxy groups -OCH3 is 1. The van der Waals surface area contributed by atoms with Gasteiger partial charge in [0.2, 0.25) is 29.4 Å². The number of rotatable bonds is 23. The minimum absolute atomic E-state index is 0.0214. The monoisotopic (exact) mass is 1930 g/mol. The molecule has 9 heterocycles. The summed E-state index contributed by atoms with van der Waals surface area (Å²) in [6, 6.07) is 64.1. The van der Waals surface area contributed by atoms with Crippen molar-refractivity contribution in [3.8, 4) is 52.4 Å². The van der Waals surface area contributed by atoms with Crippen LogP contribution in [0.5, 0.6) is 52.4 Å². The number of alkyl halides is 6. The number of piperazine rings is 1. The minimum Gasteiger partial charge on any atom is -0.481 e. The first-order chi connectivity index (χ1) is 68.2. The molecule has 40 heteroatoms. The molecule has 8 aromatic heterocycles. The van der Waals surface area contributed by atoms with E-state index in [1.807, 2.05) is 124 Å². The zero-order valence-corrected chi connectivity index (χ0v) is 78.2. The number of aromatic nitrogens is 12. The molecule has 0 bridgehead atoms. The Bertz CT molecular complexity index is 7280. The van der Waals surface area contributed by atoms with E-state index in [1.165, 1.54) is 66.3 Å². The van der Waals surface area contributed by atoms with E-state index in [2.05, 4.69) is 135 Å². The number of anilines is 8. The topological polar surface area (TPSA) is 362 Å². The van der Waals surface area contributed by atoms with E-state index in [-0.39, 0.29) is 24.9 Å². The third kappa shape index (κ3) is 25.9. The lowest BCUT2D eigenvalue weighted by Gasteiger charge is -2.43. The van der Waals surface area contributed by atoms with Crippen LogP contribution in [0.15, 0.2) is 281 Å². The first kappa shape index (κ1) is 98.8. The first-order valence-corrected chi connectivity index (χ1v) is 44.1. The highest BCUT2D eigenvalue weighted by Gasteiger charge is 2.34. The van der Waals surface area contributed by atoms with Crippen LogP contribution in [0, 0.1) is 5.82 Å². The molecule has 17 aromatic rings. The number of pyridine rings is 3. The lowest BCUT2D eigenvalue weighted by molar-refractivity contribution is -0.142. The van der Waals surface area contributed by atoms with E-state index >= 15 is 0 Å². The van der Waals surface area contributed by atoms with Crippen molar-refractivity contribution in [1.82, 2.24) is 80.2 Å². The number of nitrogens with zero attached hydrogens (tertiary/aromatic N) is 17. The number of amides is 7. The highest BCUT2D eigenvalue weighted by atomic mass is 19.4. The molecule has 0 spiro atoms. The molecule has 1 fully saturated rings. The number of fused-ring (bicyclic) bond motifs is 5. The Morgan fingerprint density at radius 2 is 0.746 bits per heavy atom. The molecule has 142 heavy (non-hydrogen) atoms. The Morgan fingerprint density at radius 1 is 0.387 bits per heavy atom. The fourth-order valence-corrected chi connectivity index (χ4v) is 14.5.